The summed E-state index contributed by atoms with van der Waals surface area (Å²) in [5.41, 5.74) is 7.86. The Morgan fingerprint density at radius 2 is 1.97 bits per heavy atom. The van der Waals surface area contributed by atoms with E-state index in [1.54, 1.807) is 36.5 Å². The minimum absolute atomic E-state index is 0.0101. The highest BCUT2D eigenvalue weighted by Gasteiger charge is 2.15. The maximum atomic E-state index is 13.8. The van der Waals surface area contributed by atoms with E-state index in [9.17, 15) is 14.0 Å². The molecule has 0 atom stereocenters. The van der Waals surface area contributed by atoms with Crippen molar-refractivity contribution in [3.8, 4) is 0 Å². The summed E-state index contributed by atoms with van der Waals surface area (Å²) < 4.78 is 15.3. The van der Waals surface area contributed by atoms with Gasteiger partial charge >= 0.3 is 6.03 Å². The van der Waals surface area contributed by atoms with E-state index in [0.717, 1.165) is 11.6 Å². The summed E-state index contributed by atoms with van der Waals surface area (Å²) in [4.78, 5) is 28.7. The fourth-order valence-electron chi connectivity index (χ4n) is 3.06. The molecular formula is C21H17ClFN7O2. The monoisotopic (exact) mass is 453 g/mol. The number of nitrogens with one attached hydrogen (secondary N) is 3. The molecule has 9 nitrogen and oxygen atoms in total. The molecule has 11 heteroatoms. The lowest BCUT2D eigenvalue weighted by Crippen LogP contribution is -2.28. The average Bonchev–Trinajstić information content (AvgIpc) is 3.20. The molecule has 0 bridgehead atoms. The molecule has 0 aliphatic rings. The Kier molecular flexibility index (Phi) is 5.86. The molecule has 162 valence electrons. The van der Waals surface area contributed by atoms with Crippen LogP contribution in [0.3, 0.4) is 0 Å². The van der Waals surface area contributed by atoms with Gasteiger partial charge in [-0.15, -0.1) is 0 Å². The fourth-order valence-corrected chi connectivity index (χ4v) is 3.22. The summed E-state index contributed by atoms with van der Waals surface area (Å²) in [6.07, 6.45) is 2.92. The molecule has 0 radical (unpaired) electrons. The van der Waals surface area contributed by atoms with Crippen LogP contribution in [-0.2, 0) is 6.54 Å². The minimum atomic E-state index is -0.637. The predicted molar refractivity (Wildman–Crippen MR) is 119 cm³/mol. The molecule has 2 aromatic carbocycles. The van der Waals surface area contributed by atoms with E-state index in [-0.39, 0.29) is 29.0 Å². The van der Waals surface area contributed by atoms with Crippen LogP contribution in [0.1, 0.15) is 15.9 Å². The van der Waals surface area contributed by atoms with Gasteiger partial charge in [-0.1, -0.05) is 23.7 Å². The Labute approximate surface area is 186 Å². The molecule has 0 aliphatic carbocycles. The Morgan fingerprint density at radius 1 is 1.12 bits per heavy atom. The van der Waals surface area contributed by atoms with Crippen molar-refractivity contribution in [2.45, 2.75) is 6.54 Å². The molecule has 2 heterocycles. The van der Waals surface area contributed by atoms with Gasteiger partial charge in [-0.3, -0.25) is 4.79 Å². The molecule has 2 aromatic heterocycles. The van der Waals surface area contributed by atoms with E-state index < -0.39 is 11.8 Å². The number of nitrogens with two attached hydrogens (primary N) is 1. The number of amides is 3. The van der Waals surface area contributed by atoms with Gasteiger partial charge in [-0.25, -0.2) is 18.7 Å². The average molecular weight is 454 g/mol. The maximum absolute atomic E-state index is 13.8. The van der Waals surface area contributed by atoms with E-state index in [1.165, 1.54) is 23.0 Å². The lowest BCUT2D eigenvalue weighted by molar-refractivity contribution is 0.102. The lowest BCUT2D eigenvalue weighted by Gasteiger charge is -2.10. The Balaban J connectivity index is 1.40. The summed E-state index contributed by atoms with van der Waals surface area (Å²) in [7, 11) is 0. The van der Waals surface area contributed by atoms with Crippen molar-refractivity contribution in [1.29, 1.82) is 0 Å². The first-order valence-corrected chi connectivity index (χ1v) is 9.76. The first-order chi connectivity index (χ1) is 15.4. The summed E-state index contributed by atoms with van der Waals surface area (Å²) in [6.45, 7) is 0.153. The van der Waals surface area contributed by atoms with Crippen LogP contribution in [0.25, 0.3) is 5.52 Å². The fraction of sp³-hybridized carbons (Fsp3) is 0.0476. The summed E-state index contributed by atoms with van der Waals surface area (Å²) in [5.74, 6) is -0.826. The van der Waals surface area contributed by atoms with Crippen LogP contribution in [0.15, 0.2) is 61.1 Å². The largest absolute Gasteiger partial charge is 0.382 e. The summed E-state index contributed by atoms with van der Waals surface area (Å²) in [5, 5.41) is 12.1. The van der Waals surface area contributed by atoms with Gasteiger partial charge in [-0.05, 0) is 42.0 Å². The molecule has 32 heavy (non-hydrogen) atoms. The smallest absolute Gasteiger partial charge is 0.319 e. The standard InChI is InChI=1S/C21H17ClFN7O2/c22-13-4-5-17(16(23)9-13)29-21(32)25-10-12-2-1-3-14(8-12)28-20(31)15-6-7-30-18(15)19(24)26-11-27-30/h1-9,11H,10H2,(H,28,31)(H2,24,26,27)(H2,25,29,32). The first kappa shape index (κ1) is 21.1. The topological polar surface area (TPSA) is 126 Å². The zero-order valence-corrected chi connectivity index (χ0v) is 17.2. The molecule has 4 rings (SSSR count). The molecule has 0 spiro atoms. The molecule has 0 saturated carbocycles. The molecule has 0 unspecified atom stereocenters. The van der Waals surface area contributed by atoms with Gasteiger partial charge in [0.1, 0.15) is 17.7 Å². The number of hydrogen-bond acceptors (Lipinski definition) is 5. The third-order valence-corrected chi connectivity index (χ3v) is 4.78. The zero-order chi connectivity index (χ0) is 22.7. The quantitative estimate of drug-likeness (QED) is 0.366. The number of nitrogens with zero attached hydrogens (tertiary/aromatic N) is 3. The SMILES string of the molecule is Nc1ncnn2ccc(C(=O)Nc3cccc(CNC(=O)Nc4ccc(Cl)cc4F)c3)c12. The molecule has 0 aliphatic heterocycles. The normalized spacial score (nSPS) is 10.7. The summed E-state index contributed by atoms with van der Waals surface area (Å²) in [6, 6.07) is 11.9. The van der Waals surface area contributed by atoms with E-state index in [2.05, 4.69) is 26.0 Å². The van der Waals surface area contributed by atoms with Crippen LogP contribution in [0.4, 0.5) is 26.4 Å². The van der Waals surface area contributed by atoms with Gasteiger partial charge in [-0.2, -0.15) is 5.10 Å². The van der Waals surface area contributed by atoms with Crippen LogP contribution >= 0.6 is 11.6 Å². The van der Waals surface area contributed by atoms with Crippen molar-refractivity contribution in [2.75, 3.05) is 16.4 Å². The van der Waals surface area contributed by atoms with Crippen molar-refractivity contribution < 1.29 is 14.0 Å². The second-order valence-corrected chi connectivity index (χ2v) is 7.19. The third-order valence-electron chi connectivity index (χ3n) is 4.54. The predicted octanol–water partition coefficient (Wildman–Crippen LogP) is 3.68. The van der Waals surface area contributed by atoms with Gasteiger partial charge in [0, 0.05) is 23.5 Å². The van der Waals surface area contributed by atoms with Gasteiger partial charge < -0.3 is 21.7 Å². The van der Waals surface area contributed by atoms with Crippen molar-refractivity contribution in [3.05, 3.63) is 83.0 Å². The number of halogens is 2. The van der Waals surface area contributed by atoms with Crippen molar-refractivity contribution in [3.63, 3.8) is 0 Å². The number of urea groups is 1. The van der Waals surface area contributed by atoms with Crippen molar-refractivity contribution >= 4 is 46.2 Å². The minimum Gasteiger partial charge on any atom is -0.382 e. The second-order valence-electron chi connectivity index (χ2n) is 6.75. The molecule has 0 saturated heterocycles. The summed E-state index contributed by atoms with van der Waals surface area (Å²) >= 11 is 5.70. The Hall–Kier alpha value is -4.18. The number of carbonyl (C=O) groups is 2. The van der Waals surface area contributed by atoms with Crippen LogP contribution < -0.4 is 21.7 Å². The Bertz CT molecular complexity index is 1320. The van der Waals surface area contributed by atoms with Crippen molar-refractivity contribution in [1.82, 2.24) is 19.9 Å². The van der Waals surface area contributed by atoms with E-state index in [1.807, 2.05) is 0 Å². The van der Waals surface area contributed by atoms with Crippen molar-refractivity contribution in [2.24, 2.45) is 0 Å². The lowest BCUT2D eigenvalue weighted by atomic mass is 10.2. The first-order valence-electron chi connectivity index (χ1n) is 9.39. The highest BCUT2D eigenvalue weighted by molar-refractivity contribution is 6.30. The highest BCUT2D eigenvalue weighted by atomic mass is 35.5. The van der Waals surface area contributed by atoms with Crippen LogP contribution in [0, 0.1) is 5.82 Å². The van der Waals surface area contributed by atoms with Crippen LogP contribution in [0.5, 0.6) is 0 Å². The number of anilines is 3. The maximum Gasteiger partial charge on any atom is 0.319 e. The third kappa shape index (κ3) is 4.60. The van der Waals surface area contributed by atoms with E-state index in [4.69, 9.17) is 17.3 Å². The van der Waals surface area contributed by atoms with Crippen LogP contribution in [-0.4, -0.2) is 26.5 Å². The van der Waals surface area contributed by atoms with E-state index in [0.29, 0.717) is 16.8 Å². The van der Waals surface area contributed by atoms with Gasteiger partial charge in [0.25, 0.3) is 5.91 Å². The molecular weight excluding hydrogens is 437 g/mol. The number of rotatable bonds is 5. The number of carbonyl (C=O) groups excluding carboxylic acids is 2. The molecule has 3 amide bonds. The van der Waals surface area contributed by atoms with Crippen LogP contribution in [0.2, 0.25) is 5.02 Å². The number of benzene rings is 2. The molecule has 0 fully saturated rings. The second kappa shape index (κ2) is 8.90. The number of fused-ring (bicyclic) bond motifs is 1. The van der Waals surface area contributed by atoms with E-state index >= 15 is 0 Å². The van der Waals surface area contributed by atoms with Gasteiger partial charge in [0.05, 0.1) is 11.3 Å². The Morgan fingerprint density at radius 3 is 2.78 bits per heavy atom. The number of nitrogen functional groups attached to an aromatic ring is 1. The number of hydrogen-bond donors (Lipinski definition) is 4. The zero-order valence-electron chi connectivity index (χ0n) is 16.5. The highest BCUT2D eigenvalue weighted by Crippen LogP contribution is 2.20. The van der Waals surface area contributed by atoms with Gasteiger partial charge in [0.15, 0.2) is 5.82 Å². The van der Waals surface area contributed by atoms with Gasteiger partial charge in [0.2, 0.25) is 0 Å². The molecule has 5 N–H and O–H groups in total. The molecule has 4 aromatic rings. The number of aromatic nitrogens is 3.